The predicted octanol–water partition coefficient (Wildman–Crippen LogP) is 3.27. The van der Waals surface area contributed by atoms with Crippen molar-refractivity contribution in [2.75, 3.05) is 5.73 Å². The van der Waals surface area contributed by atoms with Crippen LogP contribution in [0.15, 0.2) is 28.8 Å². The SMILES string of the molecule is CCC(C)SCc1noc(Cc2ccc(N)cc2)n1. The van der Waals surface area contributed by atoms with Crippen LogP contribution < -0.4 is 5.73 Å². The number of rotatable bonds is 6. The molecule has 102 valence electrons. The summed E-state index contributed by atoms with van der Waals surface area (Å²) in [5.41, 5.74) is 7.54. The van der Waals surface area contributed by atoms with E-state index in [9.17, 15) is 0 Å². The van der Waals surface area contributed by atoms with E-state index >= 15 is 0 Å². The lowest BCUT2D eigenvalue weighted by Crippen LogP contribution is -1.95. The van der Waals surface area contributed by atoms with Gasteiger partial charge in [0.2, 0.25) is 5.89 Å². The minimum atomic E-state index is 0.624. The second-order valence-electron chi connectivity index (χ2n) is 4.55. The Morgan fingerprint density at radius 1 is 1.32 bits per heavy atom. The third-order valence-electron chi connectivity index (χ3n) is 2.92. The van der Waals surface area contributed by atoms with E-state index in [2.05, 4.69) is 24.0 Å². The van der Waals surface area contributed by atoms with E-state index in [1.807, 2.05) is 36.0 Å². The molecule has 2 aromatic rings. The van der Waals surface area contributed by atoms with Crippen LogP contribution in [0.4, 0.5) is 5.69 Å². The largest absolute Gasteiger partial charge is 0.399 e. The molecule has 0 saturated heterocycles. The molecule has 5 heteroatoms. The Morgan fingerprint density at radius 2 is 2.05 bits per heavy atom. The minimum absolute atomic E-state index is 0.624. The highest BCUT2D eigenvalue weighted by Crippen LogP contribution is 2.18. The zero-order valence-electron chi connectivity index (χ0n) is 11.3. The Kier molecular flexibility index (Phi) is 4.85. The van der Waals surface area contributed by atoms with Gasteiger partial charge in [0.1, 0.15) is 0 Å². The molecule has 0 amide bonds. The molecule has 1 heterocycles. The Bertz CT molecular complexity index is 510. The third kappa shape index (κ3) is 4.28. The van der Waals surface area contributed by atoms with Crippen LogP contribution in [0.25, 0.3) is 0 Å². The zero-order chi connectivity index (χ0) is 13.7. The molecule has 0 fully saturated rings. The van der Waals surface area contributed by atoms with Gasteiger partial charge in [-0.05, 0) is 24.1 Å². The average Bonchev–Trinajstić information content (AvgIpc) is 2.86. The molecule has 1 aromatic carbocycles. The highest BCUT2D eigenvalue weighted by atomic mass is 32.2. The number of hydrogen-bond acceptors (Lipinski definition) is 5. The maximum absolute atomic E-state index is 5.65. The number of nitrogens with zero attached hydrogens (tertiary/aromatic N) is 2. The maximum atomic E-state index is 5.65. The first kappa shape index (κ1) is 13.9. The third-order valence-corrected chi connectivity index (χ3v) is 4.24. The first-order chi connectivity index (χ1) is 9.17. The van der Waals surface area contributed by atoms with Gasteiger partial charge in [0, 0.05) is 10.9 Å². The van der Waals surface area contributed by atoms with E-state index < -0.39 is 0 Å². The van der Waals surface area contributed by atoms with Gasteiger partial charge in [0.05, 0.1) is 12.2 Å². The maximum Gasteiger partial charge on any atom is 0.231 e. The van der Waals surface area contributed by atoms with Crippen molar-refractivity contribution < 1.29 is 4.52 Å². The van der Waals surface area contributed by atoms with Crippen molar-refractivity contribution in [2.24, 2.45) is 0 Å². The molecule has 0 aliphatic carbocycles. The molecule has 0 aliphatic heterocycles. The second kappa shape index (κ2) is 6.61. The Labute approximate surface area is 117 Å². The molecular formula is C14H19N3OS. The molecule has 0 spiro atoms. The van der Waals surface area contributed by atoms with Crippen molar-refractivity contribution in [3.8, 4) is 0 Å². The van der Waals surface area contributed by atoms with Crippen molar-refractivity contribution in [1.82, 2.24) is 10.1 Å². The number of thioether (sulfide) groups is 1. The van der Waals surface area contributed by atoms with Gasteiger partial charge < -0.3 is 10.3 Å². The molecule has 2 N–H and O–H groups in total. The summed E-state index contributed by atoms with van der Waals surface area (Å²) < 4.78 is 5.26. The second-order valence-corrected chi connectivity index (χ2v) is 5.98. The fourth-order valence-electron chi connectivity index (χ4n) is 1.57. The molecule has 1 aromatic heterocycles. The molecule has 0 aliphatic rings. The lowest BCUT2D eigenvalue weighted by molar-refractivity contribution is 0.381. The zero-order valence-corrected chi connectivity index (χ0v) is 12.1. The van der Waals surface area contributed by atoms with Crippen LogP contribution in [0.1, 0.15) is 37.5 Å². The lowest BCUT2D eigenvalue weighted by Gasteiger charge is -2.04. The highest BCUT2D eigenvalue weighted by molar-refractivity contribution is 7.99. The van der Waals surface area contributed by atoms with Crippen LogP contribution in [-0.4, -0.2) is 15.4 Å². The predicted molar refractivity (Wildman–Crippen MR) is 79.0 cm³/mol. The van der Waals surface area contributed by atoms with Gasteiger partial charge in [-0.3, -0.25) is 0 Å². The minimum Gasteiger partial charge on any atom is -0.399 e. The number of nitrogens with two attached hydrogens (primary N) is 1. The summed E-state index contributed by atoms with van der Waals surface area (Å²) in [4.78, 5) is 4.40. The monoisotopic (exact) mass is 277 g/mol. The molecule has 1 unspecified atom stereocenters. The van der Waals surface area contributed by atoms with Gasteiger partial charge >= 0.3 is 0 Å². The summed E-state index contributed by atoms with van der Waals surface area (Å²) in [6.45, 7) is 4.39. The molecule has 0 saturated carbocycles. The summed E-state index contributed by atoms with van der Waals surface area (Å²) in [6, 6.07) is 7.72. The molecule has 4 nitrogen and oxygen atoms in total. The van der Waals surface area contributed by atoms with E-state index in [0.717, 1.165) is 29.2 Å². The van der Waals surface area contributed by atoms with E-state index in [-0.39, 0.29) is 0 Å². The van der Waals surface area contributed by atoms with Crippen molar-refractivity contribution >= 4 is 17.4 Å². The summed E-state index contributed by atoms with van der Waals surface area (Å²) in [6.07, 6.45) is 1.81. The van der Waals surface area contributed by atoms with Gasteiger partial charge in [-0.25, -0.2) is 0 Å². The van der Waals surface area contributed by atoms with Gasteiger partial charge in [0.25, 0.3) is 0 Å². The van der Waals surface area contributed by atoms with Gasteiger partial charge in [-0.15, -0.1) is 0 Å². The molecule has 0 bridgehead atoms. The summed E-state index contributed by atoms with van der Waals surface area (Å²) in [7, 11) is 0. The first-order valence-electron chi connectivity index (χ1n) is 6.45. The smallest absolute Gasteiger partial charge is 0.231 e. The molecule has 1 atom stereocenters. The van der Waals surface area contributed by atoms with Crippen LogP contribution in [0.3, 0.4) is 0 Å². The Morgan fingerprint density at radius 3 is 2.74 bits per heavy atom. The van der Waals surface area contributed by atoms with E-state index in [4.69, 9.17) is 10.3 Å². The lowest BCUT2D eigenvalue weighted by atomic mass is 10.1. The van der Waals surface area contributed by atoms with Gasteiger partial charge in [0.15, 0.2) is 5.82 Å². The molecule has 0 radical (unpaired) electrons. The van der Waals surface area contributed by atoms with E-state index in [1.165, 1.54) is 0 Å². The van der Waals surface area contributed by atoms with Crippen molar-refractivity contribution in [1.29, 1.82) is 0 Å². The standard InChI is InChI=1S/C14H19N3OS/c1-3-10(2)19-9-13-16-14(18-17-13)8-11-4-6-12(15)7-5-11/h4-7,10H,3,8-9,15H2,1-2H3. The fourth-order valence-corrected chi connectivity index (χ4v) is 2.35. The quantitative estimate of drug-likeness (QED) is 0.821. The van der Waals surface area contributed by atoms with Gasteiger partial charge in [-0.2, -0.15) is 16.7 Å². The summed E-state index contributed by atoms with van der Waals surface area (Å²) in [5.74, 6) is 2.24. The van der Waals surface area contributed by atoms with E-state index in [0.29, 0.717) is 17.6 Å². The Balaban J connectivity index is 1.91. The number of benzene rings is 1. The van der Waals surface area contributed by atoms with Crippen LogP contribution in [0, 0.1) is 0 Å². The molecular weight excluding hydrogens is 258 g/mol. The normalized spacial score (nSPS) is 12.5. The van der Waals surface area contributed by atoms with Crippen molar-refractivity contribution in [3.05, 3.63) is 41.5 Å². The number of hydrogen-bond donors (Lipinski definition) is 1. The van der Waals surface area contributed by atoms with Crippen molar-refractivity contribution in [3.63, 3.8) is 0 Å². The first-order valence-corrected chi connectivity index (χ1v) is 7.49. The summed E-state index contributed by atoms with van der Waals surface area (Å²) >= 11 is 1.85. The van der Waals surface area contributed by atoms with Gasteiger partial charge in [-0.1, -0.05) is 31.1 Å². The van der Waals surface area contributed by atoms with Crippen LogP contribution in [0.2, 0.25) is 0 Å². The molecule has 2 rings (SSSR count). The van der Waals surface area contributed by atoms with E-state index in [1.54, 1.807) is 0 Å². The van der Waals surface area contributed by atoms with Crippen LogP contribution in [0.5, 0.6) is 0 Å². The number of aromatic nitrogens is 2. The van der Waals surface area contributed by atoms with Crippen LogP contribution in [-0.2, 0) is 12.2 Å². The fraction of sp³-hybridized carbons (Fsp3) is 0.429. The topological polar surface area (TPSA) is 64.9 Å². The van der Waals surface area contributed by atoms with Crippen LogP contribution >= 0.6 is 11.8 Å². The highest BCUT2D eigenvalue weighted by Gasteiger charge is 2.08. The number of nitrogen functional groups attached to an aromatic ring is 1. The molecule has 19 heavy (non-hydrogen) atoms. The average molecular weight is 277 g/mol. The number of anilines is 1. The Hall–Kier alpha value is -1.49. The van der Waals surface area contributed by atoms with Crippen molar-refractivity contribution in [2.45, 2.75) is 37.7 Å². The summed E-state index contributed by atoms with van der Waals surface area (Å²) in [5, 5.41) is 4.63.